The van der Waals surface area contributed by atoms with E-state index >= 15 is 0 Å². The molecule has 2 aliphatic heterocycles. The molecular weight excluding hydrogens is 428 g/mol. The van der Waals surface area contributed by atoms with E-state index in [-0.39, 0.29) is 5.97 Å². The van der Waals surface area contributed by atoms with Crippen LogP contribution in [0.2, 0.25) is 0 Å². The van der Waals surface area contributed by atoms with E-state index in [0.29, 0.717) is 11.3 Å². The zero-order chi connectivity index (χ0) is 23.9. The Hall–Kier alpha value is -3.74. The molecule has 5 rings (SSSR count). The monoisotopic (exact) mass is 460 g/mol. The third-order valence-electron chi connectivity index (χ3n) is 6.24. The molecule has 0 saturated carbocycles. The van der Waals surface area contributed by atoms with Crippen molar-refractivity contribution < 1.29 is 14.3 Å². The van der Waals surface area contributed by atoms with Crippen molar-refractivity contribution in [3.63, 3.8) is 0 Å². The largest absolute Gasteiger partial charge is 0.493 e. The lowest BCUT2D eigenvalue weighted by atomic mass is 10.1. The Labute approximate surface area is 201 Å². The summed E-state index contributed by atoms with van der Waals surface area (Å²) in [6.07, 6.45) is 6.69. The molecule has 0 unspecified atom stereocenters. The van der Waals surface area contributed by atoms with Crippen molar-refractivity contribution in [2.24, 2.45) is 0 Å². The van der Waals surface area contributed by atoms with Gasteiger partial charge in [-0.05, 0) is 61.2 Å². The van der Waals surface area contributed by atoms with Gasteiger partial charge in [0.25, 0.3) is 0 Å². The highest BCUT2D eigenvalue weighted by Gasteiger charge is 2.16. The van der Waals surface area contributed by atoms with Gasteiger partial charge >= 0.3 is 5.97 Å². The zero-order valence-electron chi connectivity index (χ0n) is 20.1. The van der Waals surface area contributed by atoms with Gasteiger partial charge in [0, 0.05) is 56.5 Å². The van der Waals surface area contributed by atoms with Crippen LogP contribution in [0.5, 0.6) is 5.75 Å². The lowest BCUT2D eigenvalue weighted by molar-refractivity contribution is 0.0601. The molecule has 1 N–H and O–H groups in total. The van der Waals surface area contributed by atoms with Gasteiger partial charge in [-0.25, -0.2) is 4.79 Å². The standard InChI is InChI=1S/C19H22N2O.C8H10N2O2/c1-20(16-7-9-17(10-8-16)21-11-3-12-21)18-6-5-15-4-2-13-22-19(15)14-18;1-9-7-5-10-4-3-6(7)8(11)12-2/h5-10,14H,2-4,11-13H2,1H3;3-5,9H,1-2H3. The summed E-state index contributed by atoms with van der Waals surface area (Å²) in [5.41, 5.74) is 6.21. The Morgan fingerprint density at radius 3 is 2.53 bits per heavy atom. The van der Waals surface area contributed by atoms with Crippen molar-refractivity contribution in [3.05, 3.63) is 72.1 Å². The number of nitrogens with one attached hydrogen (secondary N) is 1. The first-order chi connectivity index (χ1) is 16.6. The fourth-order valence-corrected chi connectivity index (χ4v) is 4.03. The fraction of sp³-hybridized carbons (Fsp3) is 0.333. The number of rotatable bonds is 5. The molecule has 0 radical (unpaired) electrons. The van der Waals surface area contributed by atoms with Gasteiger partial charge in [0.15, 0.2) is 0 Å². The van der Waals surface area contributed by atoms with Crippen LogP contribution in [0.1, 0.15) is 28.8 Å². The molecule has 1 saturated heterocycles. The number of fused-ring (bicyclic) bond motifs is 1. The average Bonchev–Trinajstić information content (AvgIpc) is 2.87. The van der Waals surface area contributed by atoms with Gasteiger partial charge in [-0.15, -0.1) is 0 Å². The molecule has 1 aromatic heterocycles. The van der Waals surface area contributed by atoms with Gasteiger partial charge in [0.05, 0.1) is 31.2 Å². The summed E-state index contributed by atoms with van der Waals surface area (Å²) in [5.74, 6) is 0.689. The van der Waals surface area contributed by atoms with E-state index in [1.165, 1.54) is 49.2 Å². The summed E-state index contributed by atoms with van der Waals surface area (Å²) in [5, 5.41) is 2.85. The Morgan fingerprint density at radius 1 is 1.09 bits per heavy atom. The first kappa shape index (κ1) is 23.4. The number of carbonyl (C=O) groups excluding carboxylic acids is 1. The van der Waals surface area contributed by atoms with E-state index in [0.717, 1.165) is 25.2 Å². The van der Waals surface area contributed by atoms with Crippen LogP contribution in [0.25, 0.3) is 0 Å². The normalized spacial score (nSPS) is 13.9. The number of esters is 1. The van der Waals surface area contributed by atoms with E-state index in [9.17, 15) is 4.79 Å². The van der Waals surface area contributed by atoms with Crippen LogP contribution in [0.4, 0.5) is 22.7 Å². The van der Waals surface area contributed by atoms with E-state index in [1.807, 2.05) is 0 Å². The Kier molecular flexibility index (Phi) is 7.52. The number of pyridine rings is 1. The van der Waals surface area contributed by atoms with Crippen molar-refractivity contribution in [2.45, 2.75) is 19.3 Å². The maximum atomic E-state index is 11.1. The number of hydrogen-bond donors (Lipinski definition) is 1. The third kappa shape index (κ3) is 5.25. The summed E-state index contributed by atoms with van der Waals surface area (Å²) in [6.45, 7) is 3.22. The van der Waals surface area contributed by atoms with Crippen LogP contribution in [0.15, 0.2) is 60.9 Å². The van der Waals surface area contributed by atoms with Crippen LogP contribution in [-0.4, -0.2) is 51.9 Å². The number of ether oxygens (including phenoxy) is 2. The molecular formula is C27H32N4O3. The summed E-state index contributed by atoms with van der Waals surface area (Å²) in [4.78, 5) is 19.6. The Balaban J connectivity index is 0.000000195. The molecule has 0 spiro atoms. The molecule has 0 amide bonds. The summed E-state index contributed by atoms with van der Waals surface area (Å²) < 4.78 is 10.4. The topological polar surface area (TPSA) is 66.9 Å². The molecule has 1 fully saturated rings. The number of hydrogen-bond acceptors (Lipinski definition) is 7. The number of aromatic nitrogens is 1. The number of methoxy groups -OCH3 is 1. The number of anilines is 4. The minimum atomic E-state index is -0.359. The van der Waals surface area contributed by atoms with Gasteiger partial charge in [-0.3, -0.25) is 4.98 Å². The average molecular weight is 461 g/mol. The van der Waals surface area contributed by atoms with E-state index in [2.05, 4.69) is 74.3 Å². The van der Waals surface area contributed by atoms with Crippen molar-refractivity contribution in [2.75, 3.05) is 56.0 Å². The molecule has 0 atom stereocenters. The first-order valence-corrected chi connectivity index (χ1v) is 11.6. The SMILES string of the molecule is CN(c1ccc(N2CCC2)cc1)c1ccc2c(c1)OCCC2.CNc1cnccc1C(=O)OC. The van der Waals surface area contributed by atoms with Gasteiger partial charge in [-0.2, -0.15) is 0 Å². The highest BCUT2D eigenvalue weighted by molar-refractivity contribution is 5.95. The smallest absolute Gasteiger partial charge is 0.340 e. The number of nitrogens with zero attached hydrogens (tertiary/aromatic N) is 3. The van der Waals surface area contributed by atoms with Crippen molar-refractivity contribution in [3.8, 4) is 5.75 Å². The molecule has 3 aromatic rings. The van der Waals surface area contributed by atoms with Crippen molar-refractivity contribution in [1.29, 1.82) is 0 Å². The number of aryl methyl sites for hydroxylation is 1. The molecule has 2 aliphatic rings. The zero-order valence-corrected chi connectivity index (χ0v) is 20.1. The van der Waals surface area contributed by atoms with E-state index in [1.54, 1.807) is 25.5 Å². The first-order valence-electron chi connectivity index (χ1n) is 11.6. The highest BCUT2D eigenvalue weighted by Crippen LogP contribution is 2.33. The Morgan fingerprint density at radius 2 is 1.85 bits per heavy atom. The third-order valence-corrected chi connectivity index (χ3v) is 6.24. The van der Waals surface area contributed by atoms with Crippen molar-refractivity contribution in [1.82, 2.24) is 4.98 Å². The van der Waals surface area contributed by atoms with Gasteiger partial charge < -0.3 is 24.6 Å². The molecule has 7 nitrogen and oxygen atoms in total. The van der Waals surface area contributed by atoms with Crippen LogP contribution >= 0.6 is 0 Å². The second-order valence-electron chi connectivity index (χ2n) is 8.32. The van der Waals surface area contributed by atoms with E-state index in [4.69, 9.17) is 4.74 Å². The lowest BCUT2D eigenvalue weighted by Gasteiger charge is -2.33. The molecule has 0 bridgehead atoms. The summed E-state index contributed by atoms with van der Waals surface area (Å²) in [7, 11) is 5.19. The predicted molar refractivity (Wildman–Crippen MR) is 137 cm³/mol. The lowest BCUT2D eigenvalue weighted by Crippen LogP contribution is -2.36. The maximum Gasteiger partial charge on any atom is 0.340 e. The molecule has 7 heteroatoms. The van der Waals surface area contributed by atoms with Gasteiger partial charge in [0.2, 0.25) is 0 Å². The highest BCUT2D eigenvalue weighted by atomic mass is 16.5. The van der Waals surface area contributed by atoms with Crippen LogP contribution in [0, 0.1) is 0 Å². The number of carbonyl (C=O) groups is 1. The number of benzene rings is 2. The fourth-order valence-electron chi connectivity index (χ4n) is 4.03. The second-order valence-corrected chi connectivity index (χ2v) is 8.32. The van der Waals surface area contributed by atoms with Gasteiger partial charge in [-0.1, -0.05) is 6.07 Å². The van der Waals surface area contributed by atoms with Crippen LogP contribution in [0.3, 0.4) is 0 Å². The molecule has 34 heavy (non-hydrogen) atoms. The minimum absolute atomic E-state index is 0.359. The van der Waals surface area contributed by atoms with E-state index < -0.39 is 0 Å². The quantitative estimate of drug-likeness (QED) is 0.543. The second kappa shape index (κ2) is 10.9. The molecule has 2 aromatic carbocycles. The summed E-state index contributed by atoms with van der Waals surface area (Å²) in [6, 6.07) is 17.0. The molecule has 3 heterocycles. The molecule has 178 valence electrons. The maximum absolute atomic E-state index is 11.1. The van der Waals surface area contributed by atoms with Gasteiger partial charge in [0.1, 0.15) is 5.75 Å². The summed E-state index contributed by atoms with van der Waals surface area (Å²) >= 11 is 0. The van der Waals surface area contributed by atoms with Crippen LogP contribution in [-0.2, 0) is 11.2 Å². The minimum Gasteiger partial charge on any atom is -0.493 e. The Bertz CT molecular complexity index is 1110. The van der Waals surface area contributed by atoms with Crippen molar-refractivity contribution >= 4 is 28.7 Å². The predicted octanol–water partition coefficient (Wildman–Crippen LogP) is 4.90. The van der Waals surface area contributed by atoms with Crippen LogP contribution < -0.4 is 19.9 Å². The molecule has 0 aliphatic carbocycles.